The van der Waals surface area contributed by atoms with Gasteiger partial charge in [-0.25, -0.2) is 0 Å². The van der Waals surface area contributed by atoms with Crippen LogP contribution < -0.4 is 11.1 Å². The molecule has 0 atom stereocenters. The van der Waals surface area contributed by atoms with E-state index in [1.807, 2.05) is 13.8 Å². The second kappa shape index (κ2) is 5.27. The van der Waals surface area contributed by atoms with Gasteiger partial charge < -0.3 is 11.1 Å². The number of amides is 1. The normalized spacial score (nSPS) is 10.7. The third-order valence-electron chi connectivity index (χ3n) is 1.95. The zero-order valence-corrected chi connectivity index (χ0v) is 10.4. The molecular weight excluding hydrogens is 260 g/mol. The van der Waals surface area contributed by atoms with Gasteiger partial charge in [0.2, 0.25) is 0 Å². The molecule has 6 heteroatoms. The number of carbonyl (C=O) groups excluding carboxylic acids is 1. The molecule has 0 aliphatic carbocycles. The molecule has 0 aliphatic rings. The molecule has 0 aromatic carbocycles. The minimum absolute atomic E-state index is 0.213. The molecule has 15 heavy (non-hydrogen) atoms. The van der Waals surface area contributed by atoms with Crippen molar-refractivity contribution in [1.29, 1.82) is 0 Å². The van der Waals surface area contributed by atoms with Gasteiger partial charge in [0.25, 0.3) is 5.91 Å². The highest BCUT2D eigenvalue weighted by Crippen LogP contribution is 2.25. The minimum atomic E-state index is -0.213. The largest absolute Gasteiger partial charge is 0.349 e. The van der Waals surface area contributed by atoms with Crippen molar-refractivity contribution in [2.75, 3.05) is 13.1 Å². The molecule has 1 aromatic rings. The summed E-state index contributed by atoms with van der Waals surface area (Å²) < 4.78 is 0.729. The van der Waals surface area contributed by atoms with Crippen molar-refractivity contribution in [1.82, 2.24) is 15.5 Å². The molecule has 4 N–H and O–H groups in total. The molecule has 0 aliphatic heterocycles. The molecule has 5 nitrogen and oxygen atoms in total. The van der Waals surface area contributed by atoms with Crippen molar-refractivity contribution in [3.63, 3.8) is 0 Å². The van der Waals surface area contributed by atoms with Crippen LogP contribution in [0.1, 0.15) is 35.9 Å². The van der Waals surface area contributed by atoms with Crippen LogP contribution in [-0.4, -0.2) is 29.2 Å². The van der Waals surface area contributed by atoms with Crippen LogP contribution in [-0.2, 0) is 0 Å². The fourth-order valence-corrected chi connectivity index (χ4v) is 1.96. The Labute approximate surface area is 96.9 Å². The lowest BCUT2D eigenvalue weighted by Crippen LogP contribution is -2.29. The first-order valence-corrected chi connectivity index (χ1v) is 5.59. The predicted octanol–water partition coefficient (Wildman–Crippen LogP) is 0.984. The summed E-state index contributed by atoms with van der Waals surface area (Å²) in [6.45, 7) is 4.93. The van der Waals surface area contributed by atoms with E-state index in [2.05, 4.69) is 31.4 Å². The standard InChI is InChI=1S/C9H15BrN4O/c1-5(2)7-6(10)8(14-13-7)9(15)12-4-3-11/h5H,3-4,11H2,1-2H3,(H,12,15)(H,13,14). The van der Waals surface area contributed by atoms with E-state index < -0.39 is 0 Å². The minimum Gasteiger partial charge on any atom is -0.349 e. The summed E-state index contributed by atoms with van der Waals surface area (Å²) in [6, 6.07) is 0. The highest BCUT2D eigenvalue weighted by Gasteiger charge is 2.18. The van der Waals surface area contributed by atoms with Gasteiger partial charge >= 0.3 is 0 Å². The average Bonchev–Trinajstić information content (AvgIpc) is 2.56. The zero-order valence-electron chi connectivity index (χ0n) is 8.80. The first kappa shape index (κ1) is 12.2. The van der Waals surface area contributed by atoms with Crippen LogP contribution >= 0.6 is 15.9 Å². The maximum Gasteiger partial charge on any atom is 0.273 e. The van der Waals surface area contributed by atoms with Gasteiger partial charge in [-0.05, 0) is 21.8 Å². The predicted molar refractivity (Wildman–Crippen MR) is 61.8 cm³/mol. The number of aromatic amines is 1. The molecular formula is C9H15BrN4O. The second-order valence-electron chi connectivity index (χ2n) is 3.50. The summed E-state index contributed by atoms with van der Waals surface area (Å²) in [5.74, 6) is 0.0819. The first-order valence-electron chi connectivity index (χ1n) is 4.80. The van der Waals surface area contributed by atoms with E-state index in [1.165, 1.54) is 0 Å². The summed E-state index contributed by atoms with van der Waals surface area (Å²) in [4.78, 5) is 11.6. The molecule has 1 aromatic heterocycles. The van der Waals surface area contributed by atoms with Crippen LogP contribution in [0.4, 0.5) is 0 Å². The lowest BCUT2D eigenvalue weighted by atomic mass is 10.1. The van der Waals surface area contributed by atoms with Crippen molar-refractivity contribution in [2.45, 2.75) is 19.8 Å². The Hall–Kier alpha value is -0.880. The van der Waals surface area contributed by atoms with Crippen molar-refractivity contribution in [3.8, 4) is 0 Å². The number of H-pyrrole nitrogens is 1. The Kier molecular flexibility index (Phi) is 4.28. The SMILES string of the molecule is CC(C)c1[nH]nc(C(=O)NCCN)c1Br. The topological polar surface area (TPSA) is 83.8 Å². The van der Waals surface area contributed by atoms with Gasteiger partial charge in [-0.15, -0.1) is 0 Å². The molecule has 1 amide bonds. The van der Waals surface area contributed by atoms with Gasteiger partial charge in [-0.3, -0.25) is 9.89 Å². The number of aromatic nitrogens is 2. The Morgan fingerprint density at radius 1 is 1.67 bits per heavy atom. The van der Waals surface area contributed by atoms with Crippen LogP contribution in [0.15, 0.2) is 4.47 Å². The van der Waals surface area contributed by atoms with Crippen LogP contribution in [0.2, 0.25) is 0 Å². The first-order chi connectivity index (χ1) is 7.07. The van der Waals surface area contributed by atoms with Crippen molar-refractivity contribution in [3.05, 3.63) is 15.9 Å². The number of hydrogen-bond donors (Lipinski definition) is 3. The zero-order chi connectivity index (χ0) is 11.4. The number of rotatable bonds is 4. The monoisotopic (exact) mass is 274 g/mol. The third kappa shape index (κ3) is 2.79. The number of hydrogen-bond acceptors (Lipinski definition) is 3. The molecule has 0 fully saturated rings. The van der Waals surface area contributed by atoms with E-state index in [0.717, 1.165) is 10.2 Å². The summed E-state index contributed by atoms with van der Waals surface area (Å²) >= 11 is 3.36. The van der Waals surface area contributed by atoms with Gasteiger partial charge in [0.1, 0.15) is 0 Å². The Bertz CT molecular complexity index is 348. The van der Waals surface area contributed by atoms with Gasteiger partial charge in [0.05, 0.1) is 10.2 Å². The maximum absolute atomic E-state index is 11.6. The van der Waals surface area contributed by atoms with E-state index in [-0.39, 0.29) is 5.91 Å². The van der Waals surface area contributed by atoms with E-state index >= 15 is 0 Å². The number of nitrogens with one attached hydrogen (secondary N) is 2. The molecule has 84 valence electrons. The molecule has 1 heterocycles. The Morgan fingerprint density at radius 3 is 2.80 bits per heavy atom. The fraction of sp³-hybridized carbons (Fsp3) is 0.556. The Morgan fingerprint density at radius 2 is 2.33 bits per heavy atom. The number of nitrogens with zero attached hydrogens (tertiary/aromatic N) is 1. The molecule has 0 saturated heterocycles. The number of nitrogens with two attached hydrogens (primary N) is 1. The van der Waals surface area contributed by atoms with E-state index in [0.29, 0.717) is 24.7 Å². The van der Waals surface area contributed by atoms with Crippen molar-refractivity contribution < 1.29 is 4.79 Å². The van der Waals surface area contributed by atoms with Crippen LogP contribution in [0.3, 0.4) is 0 Å². The smallest absolute Gasteiger partial charge is 0.273 e. The van der Waals surface area contributed by atoms with Gasteiger partial charge in [-0.2, -0.15) is 5.10 Å². The van der Waals surface area contributed by atoms with Gasteiger partial charge in [0.15, 0.2) is 5.69 Å². The number of carbonyl (C=O) groups is 1. The van der Waals surface area contributed by atoms with Gasteiger partial charge in [0, 0.05) is 13.1 Å². The summed E-state index contributed by atoms with van der Waals surface area (Å²) in [6.07, 6.45) is 0. The van der Waals surface area contributed by atoms with Crippen LogP contribution in [0.25, 0.3) is 0 Å². The molecule has 0 radical (unpaired) electrons. The lowest BCUT2D eigenvalue weighted by Gasteiger charge is -2.02. The summed E-state index contributed by atoms with van der Waals surface area (Å²) in [5.41, 5.74) is 6.60. The van der Waals surface area contributed by atoms with E-state index in [4.69, 9.17) is 5.73 Å². The van der Waals surface area contributed by atoms with Crippen LogP contribution in [0.5, 0.6) is 0 Å². The quantitative estimate of drug-likeness (QED) is 0.766. The third-order valence-corrected chi connectivity index (χ3v) is 2.76. The van der Waals surface area contributed by atoms with E-state index in [9.17, 15) is 4.79 Å². The molecule has 1 rings (SSSR count). The molecule has 0 spiro atoms. The van der Waals surface area contributed by atoms with Gasteiger partial charge in [-0.1, -0.05) is 13.8 Å². The summed E-state index contributed by atoms with van der Waals surface area (Å²) in [5, 5.41) is 9.47. The molecule has 0 saturated carbocycles. The second-order valence-corrected chi connectivity index (χ2v) is 4.29. The Balaban J connectivity index is 2.82. The summed E-state index contributed by atoms with van der Waals surface area (Å²) in [7, 11) is 0. The number of halogens is 1. The fourth-order valence-electron chi connectivity index (χ4n) is 1.14. The highest BCUT2D eigenvalue weighted by atomic mass is 79.9. The van der Waals surface area contributed by atoms with Crippen molar-refractivity contribution in [2.24, 2.45) is 5.73 Å². The highest BCUT2D eigenvalue weighted by molar-refractivity contribution is 9.10. The van der Waals surface area contributed by atoms with Crippen LogP contribution in [0, 0.1) is 0 Å². The molecule has 0 bridgehead atoms. The average molecular weight is 275 g/mol. The van der Waals surface area contributed by atoms with E-state index in [1.54, 1.807) is 0 Å². The molecule has 0 unspecified atom stereocenters. The van der Waals surface area contributed by atoms with Crippen molar-refractivity contribution >= 4 is 21.8 Å². The lowest BCUT2D eigenvalue weighted by molar-refractivity contribution is 0.0949. The maximum atomic E-state index is 11.6.